The Kier molecular flexibility index (Phi) is 8.61. The van der Waals surface area contributed by atoms with Crippen LogP contribution in [0.25, 0.3) is 11.0 Å². The van der Waals surface area contributed by atoms with Crippen molar-refractivity contribution in [2.45, 2.75) is 57.0 Å². The van der Waals surface area contributed by atoms with Crippen molar-refractivity contribution < 1.29 is 14.2 Å². The Hall–Kier alpha value is -4.28. The van der Waals surface area contributed by atoms with Crippen LogP contribution in [0.3, 0.4) is 0 Å². The number of hydrogen-bond donors (Lipinski definition) is 0. The molecule has 10 nitrogen and oxygen atoms in total. The zero-order valence-corrected chi connectivity index (χ0v) is 23.9. The molecule has 1 aliphatic carbocycles. The third-order valence-electron chi connectivity index (χ3n) is 8.40. The highest BCUT2D eigenvalue weighted by molar-refractivity contribution is 5.92. The van der Waals surface area contributed by atoms with Crippen molar-refractivity contribution in [2.24, 2.45) is 7.05 Å². The van der Waals surface area contributed by atoms with Crippen molar-refractivity contribution in [3.05, 3.63) is 51.9 Å². The second-order valence-corrected chi connectivity index (χ2v) is 10.8. The van der Waals surface area contributed by atoms with Gasteiger partial charge in [0.2, 0.25) is 6.79 Å². The highest BCUT2D eigenvalue weighted by atomic mass is 16.7. The van der Waals surface area contributed by atoms with E-state index in [-0.39, 0.29) is 29.7 Å². The van der Waals surface area contributed by atoms with Gasteiger partial charge in [-0.2, -0.15) is 10.5 Å². The van der Waals surface area contributed by atoms with Crippen molar-refractivity contribution in [3.8, 4) is 23.6 Å². The molecule has 3 aliphatic rings. The minimum atomic E-state index is -0.357. The van der Waals surface area contributed by atoms with Gasteiger partial charge in [0.25, 0.3) is 5.56 Å². The number of ether oxygens (including phenoxy) is 3. The van der Waals surface area contributed by atoms with E-state index < -0.39 is 0 Å². The SMILES string of the molecule is C1CCOCC1.CN(c1ccc2c(c1)OCO2)C1CCC(N(C)c2c(C#N)c(=O)n(C)c3ccc(C#N)nc23)CC1. The van der Waals surface area contributed by atoms with Gasteiger partial charge < -0.3 is 28.6 Å². The van der Waals surface area contributed by atoms with E-state index >= 15 is 0 Å². The number of aromatic nitrogens is 2. The Morgan fingerprint density at radius 2 is 1.59 bits per heavy atom. The molecule has 1 saturated carbocycles. The zero-order valence-electron chi connectivity index (χ0n) is 23.9. The van der Waals surface area contributed by atoms with Crippen molar-refractivity contribution in [3.63, 3.8) is 0 Å². The smallest absolute Gasteiger partial charge is 0.270 e. The number of pyridine rings is 2. The summed E-state index contributed by atoms with van der Waals surface area (Å²) in [5.41, 5.74) is 2.66. The fraction of sp³-hybridized carbons (Fsp3) is 0.484. The highest BCUT2D eigenvalue weighted by Gasteiger charge is 2.30. The first-order valence-electron chi connectivity index (χ1n) is 14.2. The second kappa shape index (κ2) is 12.5. The molecule has 3 aromatic rings. The van der Waals surface area contributed by atoms with E-state index in [1.165, 1.54) is 23.8 Å². The molecule has 0 bridgehead atoms. The molecular weight excluding hydrogens is 520 g/mol. The average Bonchev–Trinajstić information content (AvgIpc) is 3.51. The van der Waals surface area contributed by atoms with Gasteiger partial charge >= 0.3 is 0 Å². The number of nitriles is 2. The maximum Gasteiger partial charge on any atom is 0.270 e. The third kappa shape index (κ3) is 5.79. The molecule has 10 heteroatoms. The van der Waals surface area contributed by atoms with Gasteiger partial charge in [0.15, 0.2) is 11.5 Å². The number of aryl methyl sites for hydroxylation is 1. The summed E-state index contributed by atoms with van der Waals surface area (Å²) < 4.78 is 17.5. The van der Waals surface area contributed by atoms with Crippen molar-refractivity contribution >= 4 is 22.4 Å². The molecule has 6 rings (SSSR count). The molecule has 2 aliphatic heterocycles. The molecule has 0 unspecified atom stereocenters. The molecular formula is C31H36N6O4. The number of fused-ring (bicyclic) bond motifs is 2. The summed E-state index contributed by atoms with van der Waals surface area (Å²) >= 11 is 0. The summed E-state index contributed by atoms with van der Waals surface area (Å²) in [6.07, 6.45) is 7.65. The van der Waals surface area contributed by atoms with Gasteiger partial charge in [-0.25, -0.2) is 4.98 Å². The van der Waals surface area contributed by atoms with E-state index in [0.717, 1.165) is 56.1 Å². The van der Waals surface area contributed by atoms with Gasteiger partial charge in [-0.05, 0) is 69.2 Å². The summed E-state index contributed by atoms with van der Waals surface area (Å²) in [6, 6.07) is 14.0. The monoisotopic (exact) mass is 556 g/mol. The first-order chi connectivity index (χ1) is 19.9. The lowest BCUT2D eigenvalue weighted by atomic mass is 9.88. The van der Waals surface area contributed by atoms with Crippen LogP contribution in [0, 0.1) is 22.7 Å². The fourth-order valence-electron chi connectivity index (χ4n) is 5.92. The van der Waals surface area contributed by atoms with E-state index in [9.17, 15) is 15.3 Å². The molecule has 1 saturated heterocycles. The summed E-state index contributed by atoms with van der Waals surface area (Å²) in [7, 11) is 5.64. The first kappa shape index (κ1) is 28.3. The van der Waals surface area contributed by atoms with Crippen molar-refractivity contribution in [1.82, 2.24) is 9.55 Å². The number of nitrogens with zero attached hydrogens (tertiary/aromatic N) is 6. The van der Waals surface area contributed by atoms with Crippen LogP contribution in [0.15, 0.2) is 35.1 Å². The summed E-state index contributed by atoms with van der Waals surface area (Å²) in [5, 5.41) is 19.2. The number of hydrogen-bond acceptors (Lipinski definition) is 9. The van der Waals surface area contributed by atoms with Crippen molar-refractivity contribution in [1.29, 1.82) is 10.5 Å². The molecule has 1 aromatic carbocycles. The third-order valence-corrected chi connectivity index (χ3v) is 8.40. The van der Waals surface area contributed by atoms with Crippen LogP contribution in [0.5, 0.6) is 11.5 Å². The maximum atomic E-state index is 13.0. The minimum absolute atomic E-state index is 0.0599. The van der Waals surface area contributed by atoms with Gasteiger partial charge in [0, 0.05) is 58.2 Å². The van der Waals surface area contributed by atoms with E-state index in [4.69, 9.17) is 14.2 Å². The van der Waals surface area contributed by atoms with E-state index in [1.54, 1.807) is 19.2 Å². The molecule has 0 N–H and O–H groups in total. The van der Waals surface area contributed by atoms with E-state index in [1.807, 2.05) is 24.1 Å². The first-order valence-corrected chi connectivity index (χ1v) is 14.2. The van der Waals surface area contributed by atoms with Crippen molar-refractivity contribution in [2.75, 3.05) is 43.9 Å². The summed E-state index contributed by atoms with van der Waals surface area (Å²) in [4.78, 5) is 21.7. The highest BCUT2D eigenvalue weighted by Crippen LogP contribution is 2.38. The minimum Gasteiger partial charge on any atom is -0.454 e. The largest absolute Gasteiger partial charge is 0.454 e. The van der Waals surface area contributed by atoms with Crippen LogP contribution < -0.4 is 24.8 Å². The molecule has 0 atom stereocenters. The molecule has 0 radical (unpaired) electrons. The normalized spacial score (nSPS) is 19.4. The lowest BCUT2D eigenvalue weighted by Crippen LogP contribution is -2.42. The Bertz CT molecular complexity index is 1530. The average molecular weight is 557 g/mol. The molecule has 0 amide bonds. The summed E-state index contributed by atoms with van der Waals surface area (Å²) in [6.45, 7) is 2.26. The Labute approximate surface area is 240 Å². The molecule has 2 fully saturated rings. The molecule has 4 heterocycles. The van der Waals surface area contributed by atoms with Crippen LogP contribution in [0.2, 0.25) is 0 Å². The Morgan fingerprint density at radius 3 is 2.20 bits per heavy atom. The van der Waals surface area contributed by atoms with Gasteiger partial charge in [-0.3, -0.25) is 4.79 Å². The predicted molar refractivity (Wildman–Crippen MR) is 156 cm³/mol. The Morgan fingerprint density at radius 1 is 0.902 bits per heavy atom. The number of benzene rings is 1. The fourth-order valence-corrected chi connectivity index (χ4v) is 5.92. The van der Waals surface area contributed by atoms with E-state index in [0.29, 0.717) is 22.8 Å². The summed E-state index contributed by atoms with van der Waals surface area (Å²) in [5.74, 6) is 1.55. The van der Waals surface area contributed by atoms with Crippen LogP contribution >= 0.6 is 0 Å². The van der Waals surface area contributed by atoms with Crippen LogP contribution in [0.4, 0.5) is 11.4 Å². The quantitative estimate of drug-likeness (QED) is 0.459. The van der Waals surface area contributed by atoms with E-state index in [2.05, 4.69) is 35.1 Å². The Balaban J connectivity index is 0.000000500. The lowest BCUT2D eigenvalue weighted by molar-refractivity contribution is 0.0968. The van der Waals surface area contributed by atoms with Gasteiger partial charge in [0.05, 0.1) is 11.2 Å². The number of anilines is 2. The lowest BCUT2D eigenvalue weighted by Gasteiger charge is -2.40. The van der Waals surface area contributed by atoms with Crippen LogP contribution in [-0.2, 0) is 11.8 Å². The molecule has 41 heavy (non-hydrogen) atoms. The molecule has 214 valence electrons. The number of rotatable bonds is 4. The van der Waals surface area contributed by atoms with Gasteiger partial charge in [-0.1, -0.05) is 0 Å². The maximum absolute atomic E-state index is 13.0. The predicted octanol–water partition coefficient (Wildman–Crippen LogP) is 4.48. The van der Waals surface area contributed by atoms with Crippen LogP contribution in [-0.4, -0.2) is 55.7 Å². The standard InChI is InChI=1S/C26H26N6O3.C5H10O/c1-30(19-9-11-22-23(12-19)35-15-34-22)17-5-7-18(8-6-17)31(2)25-20(14-28)26(33)32(3)21-10-4-16(13-27)29-24(21)25;1-2-4-6-5-3-1/h4,9-12,17-18H,5-8,15H2,1-3H3;1-5H2. The molecule has 0 spiro atoms. The van der Waals surface area contributed by atoms with Gasteiger partial charge in [-0.15, -0.1) is 0 Å². The van der Waals surface area contributed by atoms with Gasteiger partial charge in [0.1, 0.15) is 28.9 Å². The topological polar surface area (TPSA) is 117 Å². The molecule has 2 aromatic heterocycles. The zero-order chi connectivity index (χ0) is 28.9. The van der Waals surface area contributed by atoms with Crippen LogP contribution in [0.1, 0.15) is 56.2 Å². The second-order valence-electron chi connectivity index (χ2n) is 10.8.